The van der Waals surface area contributed by atoms with Crippen molar-refractivity contribution in [3.05, 3.63) is 11.1 Å². The number of Topliss-reactive ketones (excluding diaryl/α,β-unsaturated/α-hetero) is 1. The molecule has 32 heavy (non-hydrogen) atoms. The second kappa shape index (κ2) is 6.73. The van der Waals surface area contributed by atoms with Gasteiger partial charge in [-0.15, -0.1) is 0 Å². The van der Waals surface area contributed by atoms with E-state index < -0.39 is 0 Å². The SMILES string of the molecule is CC1(C)CC[C@]2(CO)CC[C@]3(C)C(=C2C1)CC[C@@H]1[C@@]2(C)CCC(=O)C(C)(C)[C@@H]2CC[C@]13C. The molecule has 2 heteroatoms. The Morgan fingerprint density at radius 2 is 1.47 bits per heavy atom. The zero-order valence-corrected chi connectivity index (χ0v) is 22.0. The Bertz CT molecular complexity index is 864. The van der Waals surface area contributed by atoms with Crippen LogP contribution in [-0.2, 0) is 4.79 Å². The molecule has 6 atom stereocenters. The minimum atomic E-state index is -0.167. The van der Waals surface area contributed by atoms with E-state index in [1.54, 1.807) is 11.1 Å². The minimum absolute atomic E-state index is 0.0634. The fourth-order valence-electron chi connectivity index (χ4n) is 10.4. The molecule has 5 rings (SSSR count). The zero-order chi connectivity index (χ0) is 23.4. The van der Waals surface area contributed by atoms with Crippen LogP contribution < -0.4 is 0 Å². The fourth-order valence-corrected chi connectivity index (χ4v) is 10.4. The molecule has 0 spiro atoms. The zero-order valence-electron chi connectivity index (χ0n) is 22.0. The molecule has 0 unspecified atom stereocenters. The van der Waals surface area contributed by atoms with Crippen LogP contribution in [0, 0.1) is 44.3 Å². The molecule has 2 nitrogen and oxygen atoms in total. The van der Waals surface area contributed by atoms with E-state index in [0.29, 0.717) is 35.1 Å². The Kier molecular flexibility index (Phi) is 4.87. The summed E-state index contributed by atoms with van der Waals surface area (Å²) < 4.78 is 0. The van der Waals surface area contributed by atoms with Crippen LogP contribution in [0.25, 0.3) is 0 Å². The summed E-state index contributed by atoms with van der Waals surface area (Å²) in [4.78, 5) is 12.9. The van der Waals surface area contributed by atoms with E-state index in [1.165, 1.54) is 57.8 Å². The molecule has 0 aliphatic heterocycles. The van der Waals surface area contributed by atoms with Gasteiger partial charge in [-0.3, -0.25) is 4.79 Å². The molecule has 0 heterocycles. The number of fused-ring (bicyclic) bond motifs is 6. The Hall–Kier alpha value is -0.630. The monoisotopic (exact) mass is 440 g/mol. The summed E-state index contributed by atoms with van der Waals surface area (Å²) in [6.45, 7) is 17.5. The molecule has 0 aromatic carbocycles. The molecule has 5 aliphatic rings. The predicted molar refractivity (Wildman–Crippen MR) is 131 cm³/mol. The quantitative estimate of drug-likeness (QED) is 0.429. The molecule has 0 saturated heterocycles. The van der Waals surface area contributed by atoms with Crippen LogP contribution in [-0.4, -0.2) is 17.5 Å². The summed E-state index contributed by atoms with van der Waals surface area (Å²) in [5, 5.41) is 10.6. The summed E-state index contributed by atoms with van der Waals surface area (Å²) in [7, 11) is 0. The first-order valence-electron chi connectivity index (χ1n) is 13.6. The third-order valence-corrected chi connectivity index (χ3v) is 12.7. The van der Waals surface area contributed by atoms with Crippen molar-refractivity contribution in [1.82, 2.24) is 0 Å². The lowest BCUT2D eigenvalue weighted by atomic mass is 9.34. The first-order chi connectivity index (χ1) is 14.8. The number of hydrogen-bond donors (Lipinski definition) is 1. The van der Waals surface area contributed by atoms with Crippen LogP contribution in [0.5, 0.6) is 0 Å². The Balaban J connectivity index is 1.61. The van der Waals surface area contributed by atoms with Gasteiger partial charge >= 0.3 is 0 Å². The lowest BCUT2D eigenvalue weighted by Crippen LogP contribution is -2.63. The number of rotatable bonds is 1. The van der Waals surface area contributed by atoms with Gasteiger partial charge in [-0.1, -0.05) is 59.6 Å². The molecule has 4 saturated carbocycles. The molecular formula is C30H48O2. The van der Waals surface area contributed by atoms with E-state index in [2.05, 4.69) is 48.5 Å². The van der Waals surface area contributed by atoms with Gasteiger partial charge in [-0.25, -0.2) is 0 Å². The van der Waals surface area contributed by atoms with Crippen LogP contribution >= 0.6 is 0 Å². The number of carbonyl (C=O) groups excluding carboxylic acids is 1. The minimum Gasteiger partial charge on any atom is -0.395 e. The maximum Gasteiger partial charge on any atom is 0.138 e. The maximum atomic E-state index is 12.9. The highest BCUT2D eigenvalue weighted by molar-refractivity contribution is 5.85. The van der Waals surface area contributed by atoms with Crippen LogP contribution in [0.2, 0.25) is 0 Å². The lowest BCUT2D eigenvalue weighted by Gasteiger charge is -2.70. The maximum absolute atomic E-state index is 12.9. The molecule has 5 aliphatic carbocycles. The van der Waals surface area contributed by atoms with Gasteiger partial charge in [0.1, 0.15) is 5.78 Å². The van der Waals surface area contributed by atoms with Crippen molar-refractivity contribution in [1.29, 1.82) is 0 Å². The normalized spacial score (nSPS) is 49.6. The molecule has 0 bridgehead atoms. The Morgan fingerprint density at radius 1 is 0.781 bits per heavy atom. The number of aliphatic hydroxyl groups is 1. The summed E-state index contributed by atoms with van der Waals surface area (Å²) in [5.41, 5.74) is 4.52. The third-order valence-electron chi connectivity index (χ3n) is 12.7. The van der Waals surface area contributed by atoms with Gasteiger partial charge in [-0.05, 0) is 97.7 Å². The van der Waals surface area contributed by atoms with Gasteiger partial charge in [-0.2, -0.15) is 0 Å². The second-order valence-electron chi connectivity index (χ2n) is 14.8. The van der Waals surface area contributed by atoms with Gasteiger partial charge in [0.05, 0.1) is 6.61 Å². The van der Waals surface area contributed by atoms with Crippen molar-refractivity contribution in [3.63, 3.8) is 0 Å². The summed E-state index contributed by atoms with van der Waals surface area (Å²) >= 11 is 0. The number of hydrogen-bond acceptors (Lipinski definition) is 2. The van der Waals surface area contributed by atoms with E-state index in [-0.39, 0.29) is 21.7 Å². The van der Waals surface area contributed by atoms with E-state index >= 15 is 0 Å². The molecule has 0 aromatic rings. The number of carbonyl (C=O) groups is 1. The topological polar surface area (TPSA) is 37.3 Å². The lowest BCUT2D eigenvalue weighted by molar-refractivity contribution is -0.185. The van der Waals surface area contributed by atoms with Gasteiger partial charge in [0, 0.05) is 17.3 Å². The third kappa shape index (κ3) is 2.71. The van der Waals surface area contributed by atoms with Crippen LogP contribution in [0.4, 0.5) is 0 Å². The summed E-state index contributed by atoms with van der Waals surface area (Å²) in [6.07, 6.45) is 12.8. The van der Waals surface area contributed by atoms with Crippen molar-refractivity contribution in [2.75, 3.05) is 6.61 Å². The number of aliphatic hydroxyl groups excluding tert-OH is 1. The van der Waals surface area contributed by atoms with Gasteiger partial charge in [0.25, 0.3) is 0 Å². The standard InChI is InChI=1S/C30H48O2/c1-25(2)14-16-30(19-31)17-15-28(6)20(21(30)18-25)8-9-23-27(5)12-11-24(32)26(3,4)22(27)10-13-29(23,28)7/h22-23,31H,8-19H2,1-7H3/t22-,23+,27-,28+,29+,30+/m0/s1. The Morgan fingerprint density at radius 3 is 2.16 bits per heavy atom. The number of ketones is 1. The first-order valence-corrected chi connectivity index (χ1v) is 13.6. The Labute approximate surface area is 197 Å². The molecule has 1 N–H and O–H groups in total. The predicted octanol–water partition coefficient (Wildman–Crippen LogP) is 7.49. The molecular weight excluding hydrogens is 392 g/mol. The highest BCUT2D eigenvalue weighted by Crippen LogP contribution is 2.75. The first kappa shape index (κ1) is 23.1. The van der Waals surface area contributed by atoms with Crippen molar-refractivity contribution in [2.45, 2.75) is 119 Å². The molecule has 4 fully saturated rings. The molecule has 180 valence electrons. The smallest absolute Gasteiger partial charge is 0.138 e. The molecule has 0 radical (unpaired) electrons. The van der Waals surface area contributed by atoms with Crippen LogP contribution in [0.1, 0.15) is 119 Å². The molecule has 0 aromatic heterocycles. The van der Waals surface area contributed by atoms with Crippen LogP contribution in [0.15, 0.2) is 11.1 Å². The van der Waals surface area contributed by atoms with E-state index in [1.807, 2.05) is 0 Å². The molecule has 0 amide bonds. The van der Waals surface area contributed by atoms with Gasteiger partial charge < -0.3 is 5.11 Å². The van der Waals surface area contributed by atoms with Crippen molar-refractivity contribution >= 4 is 5.78 Å². The van der Waals surface area contributed by atoms with Gasteiger partial charge in [0.2, 0.25) is 0 Å². The van der Waals surface area contributed by atoms with Crippen molar-refractivity contribution in [3.8, 4) is 0 Å². The average Bonchev–Trinajstić information content (AvgIpc) is 2.71. The largest absolute Gasteiger partial charge is 0.395 e. The highest BCUT2D eigenvalue weighted by atomic mass is 16.3. The van der Waals surface area contributed by atoms with Gasteiger partial charge in [0.15, 0.2) is 0 Å². The summed E-state index contributed by atoms with van der Waals surface area (Å²) in [5.74, 6) is 1.73. The number of allylic oxidation sites excluding steroid dienone is 1. The van der Waals surface area contributed by atoms with Crippen molar-refractivity contribution in [2.24, 2.45) is 44.3 Å². The fraction of sp³-hybridized carbons (Fsp3) is 0.900. The van der Waals surface area contributed by atoms with E-state index in [9.17, 15) is 9.90 Å². The van der Waals surface area contributed by atoms with E-state index in [4.69, 9.17) is 0 Å². The van der Waals surface area contributed by atoms with E-state index in [0.717, 1.165) is 12.8 Å². The van der Waals surface area contributed by atoms with Crippen LogP contribution in [0.3, 0.4) is 0 Å². The average molecular weight is 441 g/mol. The second-order valence-corrected chi connectivity index (χ2v) is 14.8. The highest BCUT2D eigenvalue weighted by Gasteiger charge is 2.67. The van der Waals surface area contributed by atoms with Crippen molar-refractivity contribution < 1.29 is 9.90 Å². The summed E-state index contributed by atoms with van der Waals surface area (Å²) in [6, 6.07) is 0.